The summed E-state index contributed by atoms with van der Waals surface area (Å²) < 4.78 is 21.6. The summed E-state index contributed by atoms with van der Waals surface area (Å²) in [5.41, 5.74) is 1.89. The van der Waals surface area contributed by atoms with Crippen LogP contribution in [0.25, 0.3) is 11.5 Å². The number of hydrogen-bond donors (Lipinski definition) is 0. The molecule has 0 aliphatic carbocycles. The van der Waals surface area contributed by atoms with Crippen LogP contribution in [0.2, 0.25) is 0 Å². The lowest BCUT2D eigenvalue weighted by Crippen LogP contribution is -2.45. The number of fused-ring (bicyclic) bond motifs is 1. The SMILES string of the molecule is C[C@]1(Cc2ccc3c(c2)OCO3)CCC(=O)N(Cc2cc(-c3ccco3)on2)C1. The molecule has 1 amide bonds. The van der Waals surface area contributed by atoms with Crippen molar-refractivity contribution >= 4 is 5.91 Å². The van der Waals surface area contributed by atoms with E-state index < -0.39 is 0 Å². The van der Waals surface area contributed by atoms with E-state index in [0.717, 1.165) is 30.0 Å². The Morgan fingerprint density at radius 3 is 2.90 bits per heavy atom. The predicted octanol–water partition coefficient (Wildman–Crippen LogP) is 4.03. The Morgan fingerprint density at radius 1 is 1.14 bits per heavy atom. The number of carbonyl (C=O) groups is 1. The van der Waals surface area contributed by atoms with Gasteiger partial charge in [0.05, 0.1) is 12.8 Å². The number of ether oxygens (including phenoxy) is 2. The lowest BCUT2D eigenvalue weighted by Gasteiger charge is -2.40. The molecule has 2 aromatic heterocycles. The van der Waals surface area contributed by atoms with Crippen LogP contribution in [0.15, 0.2) is 51.6 Å². The Morgan fingerprint density at radius 2 is 2.03 bits per heavy atom. The lowest BCUT2D eigenvalue weighted by molar-refractivity contribution is -0.138. The van der Waals surface area contributed by atoms with Gasteiger partial charge in [-0.05, 0) is 48.1 Å². The first kappa shape index (κ1) is 17.8. The fourth-order valence-corrected chi connectivity index (χ4v) is 4.14. The number of nitrogens with zero attached hydrogens (tertiary/aromatic N) is 2. The Labute approximate surface area is 168 Å². The molecule has 2 aliphatic rings. The maximum atomic E-state index is 12.5. The zero-order valence-electron chi connectivity index (χ0n) is 16.2. The number of carbonyl (C=O) groups excluding carboxylic acids is 1. The van der Waals surface area contributed by atoms with Gasteiger partial charge in [0.1, 0.15) is 5.69 Å². The van der Waals surface area contributed by atoms with E-state index in [1.54, 1.807) is 12.3 Å². The van der Waals surface area contributed by atoms with Crippen LogP contribution in [0.5, 0.6) is 11.5 Å². The Bertz CT molecular complexity index is 1030. The zero-order valence-corrected chi connectivity index (χ0v) is 16.2. The molecule has 0 bridgehead atoms. The lowest BCUT2D eigenvalue weighted by atomic mass is 9.76. The van der Waals surface area contributed by atoms with Crippen molar-refractivity contribution in [1.82, 2.24) is 10.1 Å². The number of amides is 1. The number of rotatable bonds is 5. The Hall–Kier alpha value is -3.22. The highest BCUT2D eigenvalue weighted by Gasteiger charge is 2.35. The third-order valence-corrected chi connectivity index (χ3v) is 5.61. The molecule has 29 heavy (non-hydrogen) atoms. The summed E-state index contributed by atoms with van der Waals surface area (Å²) in [5.74, 6) is 2.93. The first-order valence-corrected chi connectivity index (χ1v) is 9.74. The molecular formula is C22H22N2O5. The summed E-state index contributed by atoms with van der Waals surface area (Å²) in [6.45, 7) is 3.60. The van der Waals surface area contributed by atoms with Gasteiger partial charge in [-0.2, -0.15) is 0 Å². The van der Waals surface area contributed by atoms with Crippen LogP contribution in [-0.2, 0) is 17.8 Å². The first-order valence-electron chi connectivity index (χ1n) is 9.74. The van der Waals surface area contributed by atoms with Gasteiger partial charge in [-0.1, -0.05) is 18.1 Å². The van der Waals surface area contributed by atoms with Crippen molar-refractivity contribution < 1.29 is 23.2 Å². The molecule has 0 radical (unpaired) electrons. The van der Waals surface area contributed by atoms with Crippen molar-refractivity contribution in [3.63, 3.8) is 0 Å². The van der Waals surface area contributed by atoms with Crippen LogP contribution in [0.1, 0.15) is 31.0 Å². The van der Waals surface area contributed by atoms with Crippen LogP contribution in [0, 0.1) is 5.41 Å². The highest BCUT2D eigenvalue weighted by Crippen LogP contribution is 2.38. The maximum Gasteiger partial charge on any atom is 0.231 e. The molecule has 4 heterocycles. The molecule has 7 nitrogen and oxygen atoms in total. The molecule has 2 aliphatic heterocycles. The molecule has 150 valence electrons. The maximum absolute atomic E-state index is 12.5. The standard InChI is InChI=1S/C22H22N2O5/c1-22(11-15-4-5-18-19(9-15)28-14-27-18)7-6-21(25)24(13-22)12-16-10-20(29-23-16)17-3-2-8-26-17/h2-5,8-10H,6-7,11-14H2,1H3/t22-/m1/s1. The monoisotopic (exact) mass is 394 g/mol. The van der Waals surface area contributed by atoms with Crippen LogP contribution >= 0.6 is 0 Å². The van der Waals surface area contributed by atoms with E-state index in [1.165, 1.54) is 5.56 Å². The van der Waals surface area contributed by atoms with Gasteiger partial charge in [-0.3, -0.25) is 4.79 Å². The molecule has 3 aromatic rings. The molecular weight excluding hydrogens is 372 g/mol. The van der Waals surface area contributed by atoms with Crippen LogP contribution in [0.3, 0.4) is 0 Å². The van der Waals surface area contributed by atoms with E-state index in [9.17, 15) is 4.79 Å². The van der Waals surface area contributed by atoms with Gasteiger partial charge in [0.15, 0.2) is 17.3 Å². The van der Waals surface area contributed by atoms with Crippen molar-refractivity contribution in [1.29, 1.82) is 0 Å². The summed E-state index contributed by atoms with van der Waals surface area (Å²) in [5, 5.41) is 4.11. The minimum absolute atomic E-state index is 0.0187. The van der Waals surface area contributed by atoms with E-state index in [0.29, 0.717) is 31.0 Å². The third kappa shape index (κ3) is 3.60. The van der Waals surface area contributed by atoms with Crippen LogP contribution in [0.4, 0.5) is 0 Å². The van der Waals surface area contributed by atoms with Crippen LogP contribution in [-0.4, -0.2) is 29.3 Å². The molecule has 0 N–H and O–H groups in total. The number of aromatic nitrogens is 1. The molecule has 1 aromatic carbocycles. The average Bonchev–Trinajstić information content (AvgIpc) is 3.45. The minimum Gasteiger partial charge on any atom is -0.461 e. The predicted molar refractivity (Wildman–Crippen MR) is 103 cm³/mol. The first-order chi connectivity index (χ1) is 14.1. The Kier molecular flexibility index (Phi) is 4.30. The van der Waals surface area contributed by atoms with E-state index >= 15 is 0 Å². The molecule has 1 fully saturated rings. The highest BCUT2D eigenvalue weighted by atomic mass is 16.7. The number of hydrogen-bond acceptors (Lipinski definition) is 6. The highest BCUT2D eigenvalue weighted by molar-refractivity contribution is 5.77. The van der Waals surface area contributed by atoms with E-state index in [4.69, 9.17) is 18.4 Å². The van der Waals surface area contributed by atoms with E-state index in [2.05, 4.69) is 18.1 Å². The largest absolute Gasteiger partial charge is 0.461 e. The summed E-state index contributed by atoms with van der Waals surface area (Å²) in [6.07, 6.45) is 3.84. The topological polar surface area (TPSA) is 77.9 Å². The van der Waals surface area contributed by atoms with Crippen molar-refractivity contribution in [3.05, 3.63) is 53.9 Å². The summed E-state index contributed by atoms with van der Waals surface area (Å²) >= 11 is 0. The van der Waals surface area contributed by atoms with Gasteiger partial charge in [0.2, 0.25) is 18.5 Å². The normalized spacial score (nSPS) is 21.0. The number of likely N-dealkylation sites (tertiary alicyclic amines) is 1. The van der Waals surface area contributed by atoms with Gasteiger partial charge in [-0.15, -0.1) is 0 Å². The second-order valence-corrected chi connectivity index (χ2v) is 8.08. The number of benzene rings is 1. The second kappa shape index (κ2) is 6.99. The fraction of sp³-hybridized carbons (Fsp3) is 0.364. The molecule has 1 atom stereocenters. The van der Waals surface area contributed by atoms with Gasteiger partial charge < -0.3 is 23.3 Å². The molecule has 0 spiro atoms. The summed E-state index contributed by atoms with van der Waals surface area (Å²) in [4.78, 5) is 14.4. The fourth-order valence-electron chi connectivity index (χ4n) is 4.14. The van der Waals surface area contributed by atoms with Gasteiger partial charge in [0.25, 0.3) is 0 Å². The Balaban J connectivity index is 1.29. The van der Waals surface area contributed by atoms with Gasteiger partial charge >= 0.3 is 0 Å². The third-order valence-electron chi connectivity index (χ3n) is 5.61. The molecule has 5 rings (SSSR count). The van der Waals surface area contributed by atoms with E-state index in [-0.39, 0.29) is 18.1 Å². The summed E-state index contributed by atoms with van der Waals surface area (Å²) in [7, 11) is 0. The van der Waals surface area contributed by atoms with Crippen molar-refractivity contribution in [2.75, 3.05) is 13.3 Å². The van der Waals surface area contributed by atoms with Gasteiger partial charge in [0, 0.05) is 19.0 Å². The zero-order chi connectivity index (χ0) is 19.8. The molecule has 0 unspecified atom stereocenters. The second-order valence-electron chi connectivity index (χ2n) is 8.08. The number of piperidine rings is 1. The van der Waals surface area contributed by atoms with Crippen molar-refractivity contribution in [3.8, 4) is 23.0 Å². The minimum atomic E-state index is -0.0187. The molecule has 1 saturated heterocycles. The van der Waals surface area contributed by atoms with Crippen molar-refractivity contribution in [2.24, 2.45) is 5.41 Å². The molecule has 7 heteroatoms. The van der Waals surface area contributed by atoms with Gasteiger partial charge in [-0.25, -0.2) is 0 Å². The molecule has 0 saturated carbocycles. The number of furan rings is 1. The average molecular weight is 394 g/mol. The van der Waals surface area contributed by atoms with Crippen LogP contribution < -0.4 is 9.47 Å². The van der Waals surface area contributed by atoms with E-state index in [1.807, 2.05) is 29.2 Å². The van der Waals surface area contributed by atoms with Crippen molar-refractivity contribution in [2.45, 2.75) is 32.7 Å². The quantitative estimate of drug-likeness (QED) is 0.650. The smallest absolute Gasteiger partial charge is 0.231 e. The summed E-state index contributed by atoms with van der Waals surface area (Å²) in [6, 6.07) is 11.5.